The maximum atomic E-state index is 11.9. The van der Waals surface area contributed by atoms with Gasteiger partial charge in [0.15, 0.2) is 5.82 Å². The van der Waals surface area contributed by atoms with Crippen molar-refractivity contribution in [1.29, 1.82) is 0 Å². The smallest absolute Gasteiger partial charge is 0.259 e. The highest BCUT2D eigenvalue weighted by atomic mass is 35.5. The van der Waals surface area contributed by atoms with Gasteiger partial charge in [0.25, 0.3) is 5.89 Å². The van der Waals surface area contributed by atoms with Crippen LogP contribution in [0.1, 0.15) is 12.7 Å². The van der Waals surface area contributed by atoms with Crippen molar-refractivity contribution in [2.75, 3.05) is 14.1 Å². The van der Waals surface area contributed by atoms with Gasteiger partial charge in [-0.3, -0.25) is 0 Å². The summed E-state index contributed by atoms with van der Waals surface area (Å²) >= 11 is 6.11. The molecule has 2 aromatic rings. The van der Waals surface area contributed by atoms with Crippen molar-refractivity contribution in [3.63, 3.8) is 0 Å². The largest absolute Gasteiger partial charge is 0.334 e. The molecule has 0 saturated carbocycles. The highest BCUT2D eigenvalue weighted by Crippen LogP contribution is 2.29. The summed E-state index contributed by atoms with van der Waals surface area (Å²) in [6, 6.07) is 4.50. The first-order valence-electron chi connectivity index (χ1n) is 6.60. The first-order valence-corrected chi connectivity index (χ1v) is 8.47. The zero-order chi connectivity index (χ0) is 16.3. The third kappa shape index (κ3) is 4.65. The van der Waals surface area contributed by atoms with Crippen LogP contribution in [0, 0.1) is 0 Å². The second kappa shape index (κ2) is 8.07. The Bertz CT molecular complexity index is 764. The summed E-state index contributed by atoms with van der Waals surface area (Å²) in [5, 5.41) is 7.30. The van der Waals surface area contributed by atoms with E-state index in [1.54, 1.807) is 0 Å². The van der Waals surface area contributed by atoms with Crippen LogP contribution in [-0.4, -0.2) is 38.7 Å². The number of hydrogen-bond donors (Lipinski definition) is 2. The molecular weight excluding hydrogens is 363 g/mol. The number of rotatable bonds is 6. The van der Waals surface area contributed by atoms with Gasteiger partial charge in [0, 0.05) is 12.5 Å². The lowest BCUT2D eigenvalue weighted by Crippen LogP contribution is -2.24. The molecule has 10 heteroatoms. The number of nitrogens with one attached hydrogen (secondary N) is 2. The van der Waals surface area contributed by atoms with Crippen LogP contribution in [0.15, 0.2) is 27.6 Å². The molecule has 0 aliphatic rings. The van der Waals surface area contributed by atoms with Crippen molar-refractivity contribution >= 4 is 34.0 Å². The number of hydrogen-bond acceptors (Lipinski definition) is 6. The lowest BCUT2D eigenvalue weighted by molar-refractivity contribution is 0.418. The van der Waals surface area contributed by atoms with Crippen molar-refractivity contribution in [3.05, 3.63) is 29.0 Å². The molecule has 2 rings (SSSR count). The SMILES string of the molecule is CNC(C)Cc1noc(-c2cc(S(=O)(=O)NC)ccc2Cl)n1.Cl. The Labute approximate surface area is 146 Å². The van der Waals surface area contributed by atoms with Crippen molar-refractivity contribution in [2.24, 2.45) is 0 Å². The monoisotopic (exact) mass is 380 g/mol. The van der Waals surface area contributed by atoms with Gasteiger partial charge in [0.05, 0.1) is 15.5 Å². The van der Waals surface area contributed by atoms with E-state index in [1.165, 1.54) is 25.2 Å². The molecule has 0 spiro atoms. The molecule has 1 aromatic carbocycles. The van der Waals surface area contributed by atoms with E-state index in [2.05, 4.69) is 20.2 Å². The van der Waals surface area contributed by atoms with E-state index in [0.717, 1.165) is 0 Å². The van der Waals surface area contributed by atoms with Crippen LogP contribution < -0.4 is 10.0 Å². The number of aromatic nitrogens is 2. The Morgan fingerprint density at radius 1 is 1.35 bits per heavy atom. The standard InChI is InChI=1S/C13H17ClN4O3S.ClH/c1-8(15-2)6-12-17-13(21-18-12)10-7-9(4-5-11(10)14)22(19,20)16-3;/h4-5,7-8,15-16H,6H2,1-3H3;1H. The van der Waals surface area contributed by atoms with Crippen molar-refractivity contribution < 1.29 is 12.9 Å². The summed E-state index contributed by atoms with van der Waals surface area (Å²) in [7, 11) is -0.387. The van der Waals surface area contributed by atoms with Crippen LogP contribution in [0.2, 0.25) is 5.02 Å². The Morgan fingerprint density at radius 2 is 2.04 bits per heavy atom. The Morgan fingerprint density at radius 3 is 2.65 bits per heavy atom. The van der Waals surface area contributed by atoms with Gasteiger partial charge in [0.2, 0.25) is 10.0 Å². The molecular formula is C13H18Cl2N4O3S. The molecule has 128 valence electrons. The van der Waals surface area contributed by atoms with Gasteiger partial charge in [-0.15, -0.1) is 12.4 Å². The second-order valence-corrected chi connectivity index (χ2v) is 7.05. The molecule has 0 aliphatic heterocycles. The maximum Gasteiger partial charge on any atom is 0.259 e. The van der Waals surface area contributed by atoms with E-state index >= 15 is 0 Å². The van der Waals surface area contributed by atoms with Crippen LogP contribution in [0.25, 0.3) is 11.5 Å². The average Bonchev–Trinajstić information content (AvgIpc) is 2.95. The number of sulfonamides is 1. The normalized spacial score (nSPS) is 12.7. The molecule has 1 heterocycles. The number of likely N-dealkylation sites (N-methyl/N-ethyl adjacent to an activating group) is 1. The zero-order valence-corrected chi connectivity index (χ0v) is 15.2. The molecule has 0 fully saturated rings. The van der Waals surface area contributed by atoms with E-state index in [9.17, 15) is 8.42 Å². The molecule has 0 saturated heterocycles. The zero-order valence-electron chi connectivity index (χ0n) is 12.8. The summed E-state index contributed by atoms with van der Waals surface area (Å²) < 4.78 is 31.2. The number of halogens is 2. The predicted molar refractivity (Wildman–Crippen MR) is 90.5 cm³/mol. The fourth-order valence-corrected chi connectivity index (χ4v) is 2.73. The molecule has 2 N–H and O–H groups in total. The van der Waals surface area contributed by atoms with Gasteiger partial charge in [-0.2, -0.15) is 4.98 Å². The third-order valence-corrected chi connectivity index (χ3v) is 4.94. The van der Waals surface area contributed by atoms with Crippen molar-refractivity contribution in [2.45, 2.75) is 24.3 Å². The number of nitrogens with zero attached hydrogens (tertiary/aromatic N) is 2. The predicted octanol–water partition coefficient (Wildman–Crippen LogP) is 1.87. The topological polar surface area (TPSA) is 97.1 Å². The van der Waals surface area contributed by atoms with E-state index in [-0.39, 0.29) is 29.2 Å². The molecule has 0 bridgehead atoms. The minimum Gasteiger partial charge on any atom is -0.334 e. The van der Waals surface area contributed by atoms with Crippen molar-refractivity contribution in [3.8, 4) is 11.5 Å². The highest BCUT2D eigenvalue weighted by Gasteiger charge is 2.18. The van der Waals surface area contributed by atoms with E-state index in [1.807, 2.05) is 14.0 Å². The molecule has 0 aliphatic carbocycles. The van der Waals surface area contributed by atoms with Gasteiger partial charge in [0.1, 0.15) is 0 Å². The van der Waals surface area contributed by atoms with Crippen LogP contribution in [-0.2, 0) is 16.4 Å². The van der Waals surface area contributed by atoms with Crippen LogP contribution in [0.5, 0.6) is 0 Å². The molecule has 1 unspecified atom stereocenters. The minimum absolute atomic E-state index is 0. The van der Waals surface area contributed by atoms with Crippen LogP contribution in [0.4, 0.5) is 0 Å². The summed E-state index contributed by atoms with van der Waals surface area (Å²) in [5.41, 5.74) is 0.383. The molecule has 0 amide bonds. The van der Waals surface area contributed by atoms with E-state index < -0.39 is 10.0 Å². The first-order chi connectivity index (χ1) is 10.4. The summed E-state index contributed by atoms with van der Waals surface area (Å²) in [6.45, 7) is 1.99. The van der Waals surface area contributed by atoms with Crippen LogP contribution in [0.3, 0.4) is 0 Å². The Balaban J connectivity index is 0.00000264. The second-order valence-electron chi connectivity index (χ2n) is 4.76. The number of benzene rings is 1. The molecule has 23 heavy (non-hydrogen) atoms. The van der Waals surface area contributed by atoms with Gasteiger partial charge in [-0.1, -0.05) is 16.8 Å². The molecule has 7 nitrogen and oxygen atoms in total. The fourth-order valence-electron chi connectivity index (χ4n) is 1.78. The minimum atomic E-state index is -3.57. The van der Waals surface area contributed by atoms with Crippen molar-refractivity contribution in [1.82, 2.24) is 20.2 Å². The molecule has 1 aromatic heterocycles. The Hall–Kier alpha value is -1.19. The quantitative estimate of drug-likeness (QED) is 0.793. The summed E-state index contributed by atoms with van der Waals surface area (Å²) in [4.78, 5) is 4.34. The van der Waals surface area contributed by atoms with Gasteiger partial charge < -0.3 is 9.84 Å². The van der Waals surface area contributed by atoms with Gasteiger partial charge >= 0.3 is 0 Å². The summed E-state index contributed by atoms with van der Waals surface area (Å²) in [6.07, 6.45) is 0.589. The van der Waals surface area contributed by atoms with E-state index in [4.69, 9.17) is 16.1 Å². The van der Waals surface area contributed by atoms with E-state index in [0.29, 0.717) is 22.8 Å². The fraction of sp³-hybridized carbons (Fsp3) is 0.385. The lowest BCUT2D eigenvalue weighted by Gasteiger charge is -2.05. The maximum absolute atomic E-state index is 11.9. The molecule has 1 atom stereocenters. The summed E-state index contributed by atoms with van der Waals surface area (Å²) in [5.74, 6) is 0.714. The van der Waals surface area contributed by atoms with Crippen LogP contribution >= 0.6 is 24.0 Å². The molecule has 0 radical (unpaired) electrons. The third-order valence-electron chi connectivity index (χ3n) is 3.20. The highest BCUT2D eigenvalue weighted by molar-refractivity contribution is 7.89. The average molecular weight is 381 g/mol. The van der Waals surface area contributed by atoms with Gasteiger partial charge in [-0.25, -0.2) is 13.1 Å². The first kappa shape index (κ1) is 19.9. The lowest BCUT2D eigenvalue weighted by atomic mass is 10.2. The van der Waals surface area contributed by atoms with Gasteiger partial charge in [-0.05, 0) is 39.2 Å². The Kier molecular flexibility index (Phi) is 6.97.